The minimum atomic E-state index is -4.87. The van der Waals surface area contributed by atoms with Crippen molar-refractivity contribution in [3.8, 4) is 0 Å². The average Bonchev–Trinajstić information content (AvgIpc) is 1.36. The Morgan fingerprint density at radius 3 is 1.71 bits per heavy atom. The van der Waals surface area contributed by atoms with Gasteiger partial charge in [-0.2, -0.15) is 8.42 Å². The Hall–Kier alpha value is -1.57. The van der Waals surface area contributed by atoms with E-state index in [2.05, 4.69) is 19.9 Å². The lowest BCUT2D eigenvalue weighted by Gasteiger charge is -2.60. The van der Waals surface area contributed by atoms with E-state index >= 15 is 0 Å². The van der Waals surface area contributed by atoms with Crippen molar-refractivity contribution < 1.29 is 131 Å². The van der Waals surface area contributed by atoms with Gasteiger partial charge in [0.05, 0.1) is 54.9 Å². The molecule has 5 saturated heterocycles. The molecule has 5 heterocycles. The van der Waals surface area contributed by atoms with Crippen LogP contribution in [-0.2, 0) is 62.0 Å². The molecule has 27 nitrogen and oxygen atoms in total. The van der Waals surface area contributed by atoms with Crippen LogP contribution in [0.4, 0.5) is 0 Å². The molecular weight excluding hydrogens is 1140 g/mol. The van der Waals surface area contributed by atoms with Crippen LogP contribution in [0.5, 0.6) is 0 Å². The number of fused-ring (bicyclic) bond motifs is 5. The summed E-state index contributed by atoms with van der Waals surface area (Å²) in [5, 5.41) is 147. The van der Waals surface area contributed by atoms with Crippen LogP contribution in [-0.4, -0.2) is 257 Å². The van der Waals surface area contributed by atoms with Gasteiger partial charge in [-0.3, -0.25) is 4.55 Å². The molecule has 84 heavy (non-hydrogen) atoms. The lowest BCUT2D eigenvalue weighted by Crippen LogP contribution is -2.66. The predicted octanol–water partition coefficient (Wildman–Crippen LogP) is -1.94. The summed E-state index contributed by atoms with van der Waals surface area (Å²) in [4.78, 5) is 0. The number of ether oxygens (including phenoxy) is 10. The average molecular weight is 1230 g/mol. The molecule has 4 aliphatic carbocycles. The maximum absolute atomic E-state index is 12.4. The molecule has 9 rings (SSSR count). The second-order valence-corrected chi connectivity index (χ2v) is 27.3. The molecule has 34 atom stereocenters. The summed E-state index contributed by atoms with van der Waals surface area (Å²) >= 11 is 0. The topological polar surface area (TPSA) is 419 Å². The number of aliphatic hydroxyl groups is 13. The Morgan fingerprint density at radius 2 is 1.14 bits per heavy atom. The van der Waals surface area contributed by atoms with Crippen molar-refractivity contribution in [1.82, 2.24) is 0 Å². The van der Waals surface area contributed by atoms with Gasteiger partial charge in [-0.05, 0) is 134 Å². The molecule has 34 unspecified atom stereocenters. The largest absolute Gasteiger partial charge is 0.397 e. The van der Waals surface area contributed by atoms with Gasteiger partial charge in [-0.25, -0.2) is 4.18 Å². The normalized spacial score (nSPS) is 52.0. The fourth-order valence-electron chi connectivity index (χ4n) is 15.4. The van der Waals surface area contributed by atoms with Crippen LogP contribution in [0.2, 0.25) is 0 Å². The number of rotatable bonds is 16. The minimum absolute atomic E-state index is 0.0113. The first-order valence-corrected chi connectivity index (χ1v) is 30.9. The summed E-state index contributed by atoms with van der Waals surface area (Å²) < 4.78 is 101. The summed E-state index contributed by atoms with van der Waals surface area (Å²) in [6, 6.07) is 0. The molecule has 0 aromatic heterocycles. The third-order valence-electron chi connectivity index (χ3n) is 20.4. The van der Waals surface area contributed by atoms with Crippen LogP contribution in [0, 0.1) is 34.5 Å². The minimum Gasteiger partial charge on any atom is -0.390 e. The molecule has 14 N–H and O–H groups in total. The lowest BCUT2D eigenvalue weighted by molar-refractivity contribution is -0.397. The number of aliphatic hydroxyl groups excluding tert-OH is 12. The maximum atomic E-state index is 12.4. The standard InChI is InChI=1S/C56H92O27S/c1-21(2)10-13-34(57)56(9,69)33-12-11-28-27-19-31(30-18-26(83-84(70,71)72)14-16-54(30,7)29(27)15-17-55(28,33)8)78-51-45(68)46(38(61)25(6)76-51)80-52-47(81-49-43(66)40(63)35(58)22(3)74-49)39(62)32(20-73-52)79-53-48(42(65)37(60)24(5)77-53)82-50-44(67)41(64)36(59)23(4)75-50/h10,15,22-28,30-53,57-69H,11-14,16-20H2,1-9H3,(H,70,71,72). The van der Waals surface area contributed by atoms with Crippen molar-refractivity contribution in [2.45, 2.75) is 285 Å². The highest BCUT2D eigenvalue weighted by atomic mass is 32.3. The zero-order valence-corrected chi connectivity index (χ0v) is 49.7. The third kappa shape index (κ3) is 12.9. The second-order valence-electron chi connectivity index (χ2n) is 26.2. The molecule has 0 aromatic carbocycles. The van der Waals surface area contributed by atoms with E-state index < -0.39 is 205 Å². The van der Waals surface area contributed by atoms with Crippen molar-refractivity contribution in [1.29, 1.82) is 0 Å². The molecule has 0 amide bonds. The molecule has 28 heteroatoms. The van der Waals surface area contributed by atoms with Gasteiger partial charge in [0.2, 0.25) is 0 Å². The Labute approximate surface area is 489 Å². The van der Waals surface area contributed by atoms with E-state index in [-0.39, 0.29) is 37.0 Å². The number of hydrogen-bond acceptors (Lipinski definition) is 26. The summed E-state index contributed by atoms with van der Waals surface area (Å²) in [6.45, 7) is 14.9. The molecule has 8 fully saturated rings. The first kappa shape index (κ1) is 66.8. The molecule has 5 aliphatic heterocycles. The van der Waals surface area contributed by atoms with Crippen molar-refractivity contribution >= 4 is 10.4 Å². The van der Waals surface area contributed by atoms with Crippen LogP contribution in [0.1, 0.15) is 114 Å². The SMILES string of the molecule is CC(C)=CCC(O)C(C)(O)C1CCC2C3CC(OC4OC(C)C(O)C(OC5OCC(OC6OC(C)C(O)C(O)C6OC6OC(C)C(O)C(O)C6O)C(O)C5OC5OC(C)C(O)C(O)C5O)C4O)C4CC(OS(=O)(=O)O)CCC4(C)C3=CCC21C. The van der Waals surface area contributed by atoms with E-state index in [0.29, 0.717) is 32.1 Å². The molecule has 0 aromatic rings. The van der Waals surface area contributed by atoms with Crippen molar-refractivity contribution in [3.63, 3.8) is 0 Å². The Bertz CT molecular complexity index is 2420. The van der Waals surface area contributed by atoms with Gasteiger partial charge in [0.25, 0.3) is 0 Å². The van der Waals surface area contributed by atoms with Crippen LogP contribution >= 0.6 is 0 Å². The number of allylic oxidation sites excluding steroid dienone is 3. The van der Waals surface area contributed by atoms with E-state index in [1.807, 2.05) is 19.9 Å². The van der Waals surface area contributed by atoms with Crippen molar-refractivity contribution in [2.75, 3.05) is 6.61 Å². The molecule has 3 saturated carbocycles. The van der Waals surface area contributed by atoms with Crippen molar-refractivity contribution in [3.05, 3.63) is 23.3 Å². The second kappa shape index (κ2) is 25.6. The molecule has 9 aliphatic rings. The Kier molecular flexibility index (Phi) is 20.4. The van der Waals surface area contributed by atoms with Crippen LogP contribution < -0.4 is 0 Å². The predicted molar refractivity (Wildman–Crippen MR) is 285 cm³/mol. The van der Waals surface area contributed by atoms with Gasteiger partial charge >= 0.3 is 10.4 Å². The fourth-order valence-corrected chi connectivity index (χ4v) is 15.9. The molecule has 0 bridgehead atoms. The van der Waals surface area contributed by atoms with Gasteiger partial charge in [-0.15, -0.1) is 0 Å². The van der Waals surface area contributed by atoms with Gasteiger partial charge in [-0.1, -0.05) is 37.1 Å². The summed E-state index contributed by atoms with van der Waals surface area (Å²) in [5.41, 5.74) is -0.400. The van der Waals surface area contributed by atoms with E-state index in [0.717, 1.165) is 11.1 Å². The monoisotopic (exact) mass is 1230 g/mol. The Morgan fingerprint density at radius 1 is 0.631 bits per heavy atom. The summed E-state index contributed by atoms with van der Waals surface area (Å²) in [6.07, 6.45) is -34.5. The Balaban J connectivity index is 0.981. The highest BCUT2D eigenvalue weighted by molar-refractivity contribution is 7.80. The first-order valence-electron chi connectivity index (χ1n) is 29.6. The quantitative estimate of drug-likeness (QED) is 0.0591. The van der Waals surface area contributed by atoms with Gasteiger partial charge in [0.1, 0.15) is 91.6 Å². The summed E-state index contributed by atoms with van der Waals surface area (Å²) in [5.74, 6) is -0.954. The molecule has 0 spiro atoms. The summed E-state index contributed by atoms with van der Waals surface area (Å²) in [7, 11) is -4.87. The maximum Gasteiger partial charge on any atom is 0.397 e. The van der Waals surface area contributed by atoms with E-state index in [1.54, 1.807) is 6.92 Å². The zero-order valence-electron chi connectivity index (χ0n) is 48.9. The highest BCUT2D eigenvalue weighted by Crippen LogP contribution is 2.67. The molecule has 0 radical (unpaired) electrons. The smallest absolute Gasteiger partial charge is 0.390 e. The van der Waals surface area contributed by atoms with Crippen LogP contribution in [0.3, 0.4) is 0 Å². The van der Waals surface area contributed by atoms with Gasteiger partial charge < -0.3 is 114 Å². The van der Waals surface area contributed by atoms with Crippen LogP contribution in [0.25, 0.3) is 0 Å². The molecule has 484 valence electrons. The van der Waals surface area contributed by atoms with E-state index in [1.165, 1.54) is 27.7 Å². The van der Waals surface area contributed by atoms with Crippen LogP contribution in [0.15, 0.2) is 23.3 Å². The zero-order chi connectivity index (χ0) is 61.6. The van der Waals surface area contributed by atoms with Crippen molar-refractivity contribution in [2.24, 2.45) is 34.5 Å². The lowest BCUT2D eigenvalue weighted by atomic mass is 9.47. The first-order chi connectivity index (χ1) is 39.2. The molecular formula is C56H92O27S. The van der Waals surface area contributed by atoms with Gasteiger partial charge in [0, 0.05) is 0 Å². The van der Waals surface area contributed by atoms with Gasteiger partial charge in [0.15, 0.2) is 31.5 Å². The fraction of sp³-hybridized carbons (Fsp3) is 0.929. The van der Waals surface area contributed by atoms with E-state index in [9.17, 15) is 79.4 Å². The third-order valence-corrected chi connectivity index (χ3v) is 21.0. The van der Waals surface area contributed by atoms with E-state index in [4.69, 9.17) is 51.6 Å². The highest BCUT2D eigenvalue weighted by Gasteiger charge is 2.64. The number of hydrogen-bond donors (Lipinski definition) is 14.